The van der Waals surface area contributed by atoms with Crippen LogP contribution in [0.2, 0.25) is 0 Å². The van der Waals surface area contributed by atoms with E-state index >= 15 is 0 Å². The first-order chi connectivity index (χ1) is 10.0. The predicted octanol–water partition coefficient (Wildman–Crippen LogP) is 1.85. The second-order valence-electron chi connectivity index (χ2n) is 5.87. The van der Waals surface area contributed by atoms with Gasteiger partial charge in [-0.15, -0.1) is 0 Å². The van der Waals surface area contributed by atoms with E-state index in [1.54, 1.807) is 0 Å². The van der Waals surface area contributed by atoms with Gasteiger partial charge in [-0.3, -0.25) is 4.90 Å². The van der Waals surface area contributed by atoms with Crippen molar-refractivity contribution in [1.82, 2.24) is 10.2 Å². The van der Waals surface area contributed by atoms with E-state index in [2.05, 4.69) is 29.3 Å². The minimum atomic E-state index is -2.90. The highest BCUT2D eigenvalue weighted by Crippen LogP contribution is 2.19. The third-order valence-corrected chi connectivity index (χ3v) is 5.94. The van der Waals surface area contributed by atoms with Crippen molar-refractivity contribution in [3.63, 3.8) is 0 Å². The van der Waals surface area contributed by atoms with E-state index < -0.39 is 9.84 Å². The van der Waals surface area contributed by atoms with E-state index in [9.17, 15) is 8.42 Å². The monoisotopic (exact) mass is 310 g/mol. The Labute approximate surface area is 128 Å². The van der Waals surface area contributed by atoms with Gasteiger partial charge in [0.2, 0.25) is 0 Å². The second kappa shape index (κ2) is 7.38. The Morgan fingerprint density at radius 2 is 1.95 bits per heavy atom. The number of rotatable bonds is 6. The van der Waals surface area contributed by atoms with Crippen molar-refractivity contribution in [2.75, 3.05) is 31.1 Å². The Hall–Kier alpha value is -0.910. The molecule has 1 N–H and O–H groups in total. The summed E-state index contributed by atoms with van der Waals surface area (Å²) in [5.41, 5.74) is 1.27. The van der Waals surface area contributed by atoms with Gasteiger partial charge in [0.1, 0.15) is 0 Å². The van der Waals surface area contributed by atoms with Crippen LogP contribution in [-0.2, 0) is 9.84 Å². The molecule has 4 nitrogen and oxygen atoms in total. The zero-order valence-corrected chi connectivity index (χ0v) is 13.8. The van der Waals surface area contributed by atoms with Crippen LogP contribution in [-0.4, -0.2) is 50.5 Å². The van der Waals surface area contributed by atoms with E-state index in [0.29, 0.717) is 24.8 Å². The summed E-state index contributed by atoms with van der Waals surface area (Å²) in [5.74, 6) is 0.572. The quantitative estimate of drug-likeness (QED) is 0.871. The zero-order valence-electron chi connectivity index (χ0n) is 13.0. The number of hydrogen-bond acceptors (Lipinski definition) is 4. The molecule has 1 fully saturated rings. The van der Waals surface area contributed by atoms with Crippen molar-refractivity contribution in [1.29, 1.82) is 0 Å². The average molecular weight is 310 g/mol. The zero-order chi connectivity index (χ0) is 15.3. The van der Waals surface area contributed by atoms with Crippen molar-refractivity contribution in [2.45, 2.75) is 32.4 Å². The molecule has 1 aromatic carbocycles. The Kier molecular flexibility index (Phi) is 5.79. The van der Waals surface area contributed by atoms with Crippen molar-refractivity contribution in [2.24, 2.45) is 0 Å². The summed E-state index contributed by atoms with van der Waals surface area (Å²) in [7, 11) is -2.90. The van der Waals surface area contributed by atoms with Gasteiger partial charge < -0.3 is 5.32 Å². The molecule has 2 unspecified atom stereocenters. The molecule has 0 aliphatic carbocycles. The highest BCUT2D eigenvalue weighted by atomic mass is 32.2. The fraction of sp³-hybridized carbons (Fsp3) is 0.625. The lowest BCUT2D eigenvalue weighted by Gasteiger charge is -2.39. The first-order valence-corrected chi connectivity index (χ1v) is 9.57. The van der Waals surface area contributed by atoms with Gasteiger partial charge in [-0.25, -0.2) is 8.42 Å². The van der Waals surface area contributed by atoms with E-state index in [0.717, 1.165) is 13.1 Å². The van der Waals surface area contributed by atoms with Crippen LogP contribution in [0.1, 0.15) is 31.9 Å². The number of sulfone groups is 1. The normalized spacial score (nSPS) is 24.1. The van der Waals surface area contributed by atoms with E-state index in [4.69, 9.17) is 0 Å². The minimum Gasteiger partial charge on any atom is -0.307 e. The summed E-state index contributed by atoms with van der Waals surface area (Å²) >= 11 is 0. The van der Waals surface area contributed by atoms with E-state index in [1.165, 1.54) is 5.56 Å². The van der Waals surface area contributed by atoms with Gasteiger partial charge in [0.15, 0.2) is 9.84 Å². The van der Waals surface area contributed by atoms with Gasteiger partial charge in [-0.1, -0.05) is 37.3 Å². The summed E-state index contributed by atoms with van der Waals surface area (Å²) in [6, 6.07) is 11.0. The molecule has 1 aliphatic rings. The molecule has 1 aromatic rings. The van der Waals surface area contributed by atoms with Gasteiger partial charge in [-0.05, 0) is 18.9 Å². The molecule has 0 amide bonds. The van der Waals surface area contributed by atoms with Gasteiger partial charge in [0.05, 0.1) is 5.75 Å². The van der Waals surface area contributed by atoms with Gasteiger partial charge in [0.25, 0.3) is 0 Å². The van der Waals surface area contributed by atoms with Gasteiger partial charge in [-0.2, -0.15) is 0 Å². The molecule has 0 bridgehead atoms. The lowest BCUT2D eigenvalue weighted by atomic mass is 10.0. The number of nitrogens with one attached hydrogen (secondary N) is 1. The molecular weight excluding hydrogens is 284 g/mol. The smallest absolute Gasteiger partial charge is 0.151 e. The average Bonchev–Trinajstić information content (AvgIpc) is 2.47. The van der Waals surface area contributed by atoms with E-state index in [1.807, 2.05) is 25.1 Å². The van der Waals surface area contributed by atoms with Crippen molar-refractivity contribution in [3.05, 3.63) is 35.9 Å². The summed E-state index contributed by atoms with van der Waals surface area (Å²) in [4.78, 5) is 2.29. The predicted molar refractivity (Wildman–Crippen MR) is 87.2 cm³/mol. The second-order valence-corrected chi connectivity index (χ2v) is 8.17. The topological polar surface area (TPSA) is 49.4 Å². The van der Waals surface area contributed by atoms with Crippen LogP contribution in [0.4, 0.5) is 0 Å². The maximum Gasteiger partial charge on any atom is 0.151 e. The number of hydrogen-bond donors (Lipinski definition) is 1. The minimum absolute atomic E-state index is 0.271. The fourth-order valence-electron chi connectivity index (χ4n) is 2.81. The molecule has 0 radical (unpaired) electrons. The standard InChI is InChI=1S/C16H26N2O2S/c1-3-10-21(19,20)11-9-18-13-16(17-12-14(18)2)15-7-5-4-6-8-15/h4-8,14,16-17H,3,9-13H2,1-2H3. The van der Waals surface area contributed by atoms with Crippen LogP contribution in [0, 0.1) is 0 Å². The Morgan fingerprint density at radius 1 is 1.24 bits per heavy atom. The molecule has 1 heterocycles. The molecule has 1 saturated heterocycles. The lowest BCUT2D eigenvalue weighted by Crippen LogP contribution is -2.52. The summed E-state index contributed by atoms with van der Waals surface area (Å²) < 4.78 is 23.8. The maximum absolute atomic E-state index is 11.9. The van der Waals surface area contributed by atoms with E-state index in [-0.39, 0.29) is 11.8 Å². The molecule has 5 heteroatoms. The Bertz CT molecular complexity index is 530. The fourth-order valence-corrected chi connectivity index (χ4v) is 4.15. The van der Waals surface area contributed by atoms with Crippen LogP contribution < -0.4 is 5.32 Å². The van der Waals surface area contributed by atoms with Gasteiger partial charge in [0, 0.05) is 37.5 Å². The lowest BCUT2D eigenvalue weighted by molar-refractivity contribution is 0.149. The molecular formula is C16H26N2O2S. The van der Waals surface area contributed by atoms with Crippen molar-refractivity contribution in [3.8, 4) is 0 Å². The van der Waals surface area contributed by atoms with Crippen LogP contribution in [0.15, 0.2) is 30.3 Å². The SMILES string of the molecule is CCCS(=O)(=O)CCN1CC(c2ccccc2)NCC1C. The van der Waals surface area contributed by atoms with Crippen LogP contribution in [0.5, 0.6) is 0 Å². The van der Waals surface area contributed by atoms with Crippen LogP contribution in [0.25, 0.3) is 0 Å². The molecule has 0 aromatic heterocycles. The van der Waals surface area contributed by atoms with Crippen molar-refractivity contribution >= 4 is 9.84 Å². The first kappa shape index (κ1) is 16.5. The van der Waals surface area contributed by atoms with Crippen LogP contribution in [0.3, 0.4) is 0 Å². The molecule has 118 valence electrons. The third-order valence-electron chi connectivity index (χ3n) is 4.11. The third kappa shape index (κ3) is 4.80. The molecule has 0 spiro atoms. The molecule has 21 heavy (non-hydrogen) atoms. The number of benzene rings is 1. The van der Waals surface area contributed by atoms with Gasteiger partial charge >= 0.3 is 0 Å². The molecule has 0 saturated carbocycles. The maximum atomic E-state index is 11.9. The molecule has 2 atom stereocenters. The number of piperazine rings is 1. The first-order valence-electron chi connectivity index (χ1n) is 7.74. The summed E-state index contributed by atoms with van der Waals surface area (Å²) in [5, 5.41) is 3.55. The summed E-state index contributed by atoms with van der Waals surface area (Å²) in [6.07, 6.45) is 0.700. The highest BCUT2D eigenvalue weighted by molar-refractivity contribution is 7.91. The van der Waals surface area contributed by atoms with Crippen LogP contribution >= 0.6 is 0 Å². The highest BCUT2D eigenvalue weighted by Gasteiger charge is 2.26. The van der Waals surface area contributed by atoms with Crippen molar-refractivity contribution < 1.29 is 8.42 Å². The Balaban J connectivity index is 1.96. The number of nitrogens with zero attached hydrogens (tertiary/aromatic N) is 1. The molecule has 2 rings (SSSR count). The largest absolute Gasteiger partial charge is 0.307 e. The summed E-state index contributed by atoms with van der Waals surface area (Å²) in [6.45, 7) is 6.46. The Morgan fingerprint density at radius 3 is 2.62 bits per heavy atom. The molecule has 1 aliphatic heterocycles.